The van der Waals surface area contributed by atoms with Crippen LogP contribution in [-0.2, 0) is 0 Å². The number of piperidine rings is 2. The molecule has 1 unspecified atom stereocenters. The molecule has 2 aliphatic heterocycles. The van der Waals surface area contributed by atoms with Crippen LogP contribution in [-0.4, -0.2) is 17.3 Å². The minimum atomic E-state index is 0.943. The van der Waals surface area contributed by atoms with Crippen molar-refractivity contribution in [1.82, 2.24) is 4.67 Å². The number of rotatable bonds is 0. The van der Waals surface area contributed by atoms with Crippen molar-refractivity contribution in [3.8, 4) is 0 Å². The number of hydrogen-bond donors (Lipinski definition) is 0. The smallest absolute Gasteiger partial charge is 0.0135 e. The Kier molecular flexibility index (Phi) is 1.09. The lowest BCUT2D eigenvalue weighted by Crippen LogP contribution is -2.46. The zero-order chi connectivity index (χ0) is 5.56. The molecule has 1 saturated carbocycles. The van der Waals surface area contributed by atoms with Gasteiger partial charge < -0.3 is 0 Å². The van der Waals surface area contributed by atoms with Gasteiger partial charge in [-0.25, -0.2) is 0 Å². The van der Waals surface area contributed by atoms with Crippen LogP contribution in [0, 0.1) is 5.92 Å². The molecule has 2 heteroatoms. The summed E-state index contributed by atoms with van der Waals surface area (Å²) in [6.45, 7) is 1.32. The molecule has 0 aromatic carbocycles. The Morgan fingerprint density at radius 3 is 2.38 bits per heavy atom. The minimum absolute atomic E-state index is 0.943. The lowest BCUT2D eigenvalue weighted by Gasteiger charge is -2.47. The maximum atomic E-state index is 2.82. The highest BCUT2D eigenvalue weighted by atomic mass is 31.0. The Labute approximate surface area is 52.7 Å². The zero-order valence-electron chi connectivity index (χ0n) is 5.01. The Bertz CT molecular complexity index is 93.2. The van der Waals surface area contributed by atoms with E-state index in [0.717, 1.165) is 12.0 Å². The van der Waals surface area contributed by atoms with E-state index in [1.54, 1.807) is 0 Å². The second-order valence-corrected chi connectivity index (χ2v) is 3.68. The second kappa shape index (κ2) is 1.68. The van der Waals surface area contributed by atoms with Crippen molar-refractivity contribution < 1.29 is 0 Å². The van der Waals surface area contributed by atoms with Crippen LogP contribution >= 0.6 is 9.39 Å². The molecule has 3 rings (SSSR count). The molecule has 1 atom stereocenters. The number of hydrogen-bond acceptors (Lipinski definition) is 1. The molecule has 0 aromatic rings. The molecule has 46 valence electrons. The van der Waals surface area contributed by atoms with Crippen molar-refractivity contribution in [2.24, 2.45) is 5.92 Å². The Morgan fingerprint density at radius 2 is 2.12 bits per heavy atom. The number of nitrogens with zero attached hydrogens (tertiary/aromatic N) is 1. The third-order valence-electron chi connectivity index (χ3n) is 2.48. The average molecular weight is 129 g/mol. The van der Waals surface area contributed by atoms with Crippen LogP contribution in [0.25, 0.3) is 0 Å². The van der Waals surface area contributed by atoms with Crippen molar-refractivity contribution in [3.63, 3.8) is 0 Å². The van der Waals surface area contributed by atoms with E-state index < -0.39 is 0 Å². The number of fused-ring (bicyclic) bond motifs is 2. The largest absolute Gasteiger partial charge is 0.284 e. The summed E-state index contributed by atoms with van der Waals surface area (Å²) in [6.07, 6.45) is 4.40. The van der Waals surface area contributed by atoms with Gasteiger partial charge in [0, 0.05) is 12.6 Å². The minimum Gasteiger partial charge on any atom is -0.284 e. The fourth-order valence-corrected chi connectivity index (χ4v) is 2.11. The third-order valence-corrected chi connectivity index (χ3v) is 3.16. The highest BCUT2D eigenvalue weighted by Gasteiger charge is 2.36. The molecule has 8 heavy (non-hydrogen) atoms. The van der Waals surface area contributed by atoms with Gasteiger partial charge in [-0.05, 0) is 25.2 Å². The molecule has 0 N–H and O–H groups in total. The van der Waals surface area contributed by atoms with E-state index >= 15 is 0 Å². The van der Waals surface area contributed by atoms with Crippen molar-refractivity contribution in [1.29, 1.82) is 0 Å². The SMILES string of the molecule is PN1CCC2CC1C2. The van der Waals surface area contributed by atoms with Crippen LogP contribution in [0.1, 0.15) is 19.3 Å². The van der Waals surface area contributed by atoms with Crippen molar-refractivity contribution in [2.45, 2.75) is 25.3 Å². The topological polar surface area (TPSA) is 3.24 Å². The van der Waals surface area contributed by atoms with E-state index in [2.05, 4.69) is 14.1 Å². The van der Waals surface area contributed by atoms with E-state index in [0.29, 0.717) is 0 Å². The summed E-state index contributed by atoms with van der Waals surface area (Å²) in [7, 11) is 2.82. The van der Waals surface area contributed by atoms with E-state index in [1.807, 2.05) is 0 Å². The van der Waals surface area contributed by atoms with E-state index in [9.17, 15) is 0 Å². The Hall–Kier alpha value is 0.390. The van der Waals surface area contributed by atoms with E-state index in [4.69, 9.17) is 0 Å². The van der Waals surface area contributed by atoms with Crippen molar-refractivity contribution >= 4 is 9.39 Å². The molecule has 0 radical (unpaired) electrons. The summed E-state index contributed by atoms with van der Waals surface area (Å²) in [4.78, 5) is 0. The summed E-state index contributed by atoms with van der Waals surface area (Å²) in [6, 6.07) is 0.943. The van der Waals surface area contributed by atoms with Gasteiger partial charge in [-0.3, -0.25) is 4.67 Å². The van der Waals surface area contributed by atoms with Gasteiger partial charge in [-0.1, -0.05) is 9.39 Å². The molecule has 1 nitrogen and oxygen atoms in total. The van der Waals surface area contributed by atoms with Crippen LogP contribution in [0.4, 0.5) is 0 Å². The Morgan fingerprint density at radius 1 is 1.38 bits per heavy atom. The summed E-state index contributed by atoms with van der Waals surface area (Å²) in [5, 5.41) is 0. The molecule has 1 aliphatic carbocycles. The van der Waals surface area contributed by atoms with Gasteiger partial charge in [0.25, 0.3) is 0 Å². The van der Waals surface area contributed by atoms with Gasteiger partial charge in [-0.15, -0.1) is 0 Å². The summed E-state index contributed by atoms with van der Waals surface area (Å²) >= 11 is 0. The summed E-state index contributed by atoms with van der Waals surface area (Å²) < 4.78 is 2.42. The predicted octanol–water partition coefficient (Wildman–Crippen LogP) is 1.26. The van der Waals surface area contributed by atoms with Crippen LogP contribution < -0.4 is 0 Å². The molecule has 3 fully saturated rings. The first-order valence-corrected chi connectivity index (χ1v) is 3.89. The Balaban J connectivity index is 2.01. The first kappa shape index (κ1) is 5.20. The lowest BCUT2D eigenvalue weighted by atomic mass is 9.75. The first-order valence-electron chi connectivity index (χ1n) is 3.37. The second-order valence-electron chi connectivity index (χ2n) is 3.02. The molecule has 0 spiro atoms. The van der Waals surface area contributed by atoms with E-state index in [1.165, 1.54) is 25.8 Å². The third kappa shape index (κ3) is 0.614. The molecule has 3 aliphatic rings. The van der Waals surface area contributed by atoms with Gasteiger partial charge in [0.05, 0.1) is 0 Å². The highest BCUT2D eigenvalue weighted by Crippen LogP contribution is 2.40. The molecule has 2 saturated heterocycles. The standard InChI is InChI=1S/C6H12NP/c8-7-2-1-5-3-6(7)4-5/h5-6H,1-4,8H2. The van der Waals surface area contributed by atoms with Gasteiger partial charge in [0.15, 0.2) is 0 Å². The fraction of sp³-hybridized carbons (Fsp3) is 1.00. The predicted molar refractivity (Wildman–Crippen MR) is 37.5 cm³/mol. The van der Waals surface area contributed by atoms with Crippen LogP contribution in [0.15, 0.2) is 0 Å². The lowest BCUT2D eigenvalue weighted by molar-refractivity contribution is 0.0850. The molecule has 0 aromatic heterocycles. The molecule has 2 bridgehead atoms. The van der Waals surface area contributed by atoms with Gasteiger partial charge in [0.1, 0.15) is 0 Å². The summed E-state index contributed by atoms with van der Waals surface area (Å²) in [5.41, 5.74) is 0. The normalized spacial score (nSPS) is 46.1. The van der Waals surface area contributed by atoms with Gasteiger partial charge in [-0.2, -0.15) is 0 Å². The molecule has 2 heterocycles. The van der Waals surface area contributed by atoms with Gasteiger partial charge >= 0.3 is 0 Å². The summed E-state index contributed by atoms with van der Waals surface area (Å²) in [5.74, 6) is 1.11. The molecular formula is C6H12NP. The maximum Gasteiger partial charge on any atom is 0.0135 e. The van der Waals surface area contributed by atoms with Crippen LogP contribution in [0.5, 0.6) is 0 Å². The van der Waals surface area contributed by atoms with E-state index in [-0.39, 0.29) is 0 Å². The fourth-order valence-electron chi connectivity index (χ4n) is 1.72. The quantitative estimate of drug-likeness (QED) is 0.445. The van der Waals surface area contributed by atoms with Crippen LogP contribution in [0.3, 0.4) is 0 Å². The van der Waals surface area contributed by atoms with Crippen LogP contribution in [0.2, 0.25) is 0 Å². The first-order chi connectivity index (χ1) is 3.86. The highest BCUT2D eigenvalue weighted by molar-refractivity contribution is 7.13. The molecular weight excluding hydrogens is 117 g/mol. The van der Waals surface area contributed by atoms with Crippen molar-refractivity contribution in [3.05, 3.63) is 0 Å². The average Bonchev–Trinajstić information content (AvgIpc) is 1.62. The zero-order valence-corrected chi connectivity index (χ0v) is 6.16. The molecule has 0 amide bonds. The monoisotopic (exact) mass is 129 g/mol. The van der Waals surface area contributed by atoms with Crippen molar-refractivity contribution in [2.75, 3.05) is 6.54 Å². The van der Waals surface area contributed by atoms with Gasteiger partial charge in [0.2, 0.25) is 0 Å². The maximum absolute atomic E-state index is 2.82.